The number of nitrogens with zero attached hydrogens (tertiary/aromatic N) is 1. The van der Waals surface area contributed by atoms with Crippen LogP contribution in [0.25, 0.3) is 11.0 Å². The summed E-state index contributed by atoms with van der Waals surface area (Å²) in [6, 6.07) is 20.7. The van der Waals surface area contributed by atoms with Crippen LogP contribution in [-0.2, 0) is 11.2 Å². The van der Waals surface area contributed by atoms with Crippen LogP contribution in [0.2, 0.25) is 0 Å². The Hall–Kier alpha value is -4.72. The molecule has 3 aromatic carbocycles. The van der Waals surface area contributed by atoms with Gasteiger partial charge in [-0.25, -0.2) is 0 Å². The molecule has 4 aromatic rings. The molecule has 0 radical (unpaired) electrons. The maximum atomic E-state index is 13.8. The summed E-state index contributed by atoms with van der Waals surface area (Å²) in [5.74, 6) is -0.00897. The number of benzene rings is 3. The quantitative estimate of drug-likeness (QED) is 0.304. The maximum Gasteiger partial charge on any atom is 0.290 e. The SMILES string of the molecule is COc1ccc(CCN2C(=O)C(O)=C(C(=O)c3cc4cccc(OC)c4o3)C2c2cccc(OC)c2)cc1. The number of amides is 1. The number of carbonyl (C=O) groups is 2. The third-order valence-electron chi connectivity index (χ3n) is 6.71. The molecule has 0 aliphatic carbocycles. The number of aliphatic hydroxyl groups excluding tert-OH is 1. The Morgan fingerprint density at radius 3 is 2.37 bits per heavy atom. The predicted octanol–water partition coefficient (Wildman–Crippen LogP) is 5.28. The van der Waals surface area contributed by atoms with Crippen molar-refractivity contribution >= 4 is 22.7 Å². The Kier molecular flexibility index (Phi) is 6.79. The minimum Gasteiger partial charge on any atom is -0.503 e. The van der Waals surface area contributed by atoms with Gasteiger partial charge in [-0.3, -0.25) is 9.59 Å². The van der Waals surface area contributed by atoms with Crippen molar-refractivity contribution in [3.8, 4) is 17.2 Å². The van der Waals surface area contributed by atoms with Gasteiger partial charge in [0.25, 0.3) is 5.91 Å². The highest BCUT2D eigenvalue weighted by Gasteiger charge is 2.44. The zero-order chi connectivity index (χ0) is 26.8. The molecule has 5 rings (SSSR count). The topological polar surface area (TPSA) is 98.4 Å². The number of ether oxygens (including phenoxy) is 3. The molecule has 1 aliphatic heterocycles. The van der Waals surface area contributed by atoms with E-state index >= 15 is 0 Å². The fraction of sp³-hybridized carbons (Fsp3) is 0.200. The van der Waals surface area contributed by atoms with Gasteiger partial charge in [0.1, 0.15) is 11.5 Å². The third-order valence-corrected chi connectivity index (χ3v) is 6.71. The molecule has 38 heavy (non-hydrogen) atoms. The Morgan fingerprint density at radius 1 is 0.921 bits per heavy atom. The normalized spacial score (nSPS) is 15.3. The monoisotopic (exact) mass is 513 g/mol. The zero-order valence-corrected chi connectivity index (χ0v) is 21.3. The molecule has 194 valence electrons. The van der Waals surface area contributed by atoms with Crippen LogP contribution < -0.4 is 14.2 Å². The third kappa shape index (κ3) is 4.45. The molecular weight excluding hydrogens is 486 g/mol. The molecule has 1 aromatic heterocycles. The highest BCUT2D eigenvalue weighted by atomic mass is 16.5. The molecule has 0 spiro atoms. The van der Waals surface area contributed by atoms with E-state index in [0.717, 1.165) is 11.3 Å². The molecule has 1 aliphatic rings. The summed E-state index contributed by atoms with van der Waals surface area (Å²) in [5, 5.41) is 11.7. The first-order valence-corrected chi connectivity index (χ1v) is 12.1. The molecule has 1 atom stereocenters. The lowest BCUT2D eigenvalue weighted by atomic mass is 9.94. The number of fused-ring (bicyclic) bond motifs is 1. The summed E-state index contributed by atoms with van der Waals surface area (Å²) in [5.41, 5.74) is 1.98. The summed E-state index contributed by atoms with van der Waals surface area (Å²) in [7, 11) is 4.66. The lowest BCUT2D eigenvalue weighted by molar-refractivity contribution is -0.129. The van der Waals surface area contributed by atoms with Crippen molar-refractivity contribution in [1.29, 1.82) is 0 Å². The van der Waals surface area contributed by atoms with E-state index in [-0.39, 0.29) is 17.9 Å². The van der Waals surface area contributed by atoms with Gasteiger partial charge in [-0.05, 0) is 53.9 Å². The van der Waals surface area contributed by atoms with Crippen LogP contribution in [0.1, 0.15) is 27.7 Å². The first-order valence-electron chi connectivity index (χ1n) is 12.1. The highest BCUT2D eigenvalue weighted by molar-refractivity contribution is 6.16. The fourth-order valence-electron chi connectivity index (χ4n) is 4.76. The Morgan fingerprint density at radius 2 is 1.66 bits per heavy atom. The lowest BCUT2D eigenvalue weighted by Crippen LogP contribution is -2.33. The summed E-state index contributed by atoms with van der Waals surface area (Å²) < 4.78 is 21.8. The van der Waals surface area contributed by atoms with Gasteiger partial charge in [-0.15, -0.1) is 0 Å². The highest BCUT2D eigenvalue weighted by Crippen LogP contribution is 2.41. The smallest absolute Gasteiger partial charge is 0.290 e. The molecule has 0 saturated carbocycles. The zero-order valence-electron chi connectivity index (χ0n) is 21.3. The second-order valence-corrected chi connectivity index (χ2v) is 8.86. The Balaban J connectivity index is 1.53. The first kappa shape index (κ1) is 25.0. The molecule has 1 unspecified atom stereocenters. The number of ketones is 1. The van der Waals surface area contributed by atoms with Gasteiger partial charge in [0.05, 0.1) is 32.9 Å². The van der Waals surface area contributed by atoms with Gasteiger partial charge < -0.3 is 28.6 Å². The number of carbonyl (C=O) groups excluding carboxylic acids is 2. The molecular formula is C30H27NO7. The predicted molar refractivity (Wildman–Crippen MR) is 141 cm³/mol. The van der Waals surface area contributed by atoms with Crippen molar-refractivity contribution in [3.05, 3.63) is 101 Å². The number of hydrogen-bond acceptors (Lipinski definition) is 7. The largest absolute Gasteiger partial charge is 0.503 e. The van der Waals surface area contributed by atoms with Gasteiger partial charge in [0.2, 0.25) is 5.78 Å². The Labute approximate surface area is 219 Å². The fourth-order valence-corrected chi connectivity index (χ4v) is 4.76. The van der Waals surface area contributed by atoms with Crippen LogP contribution in [0.3, 0.4) is 0 Å². The number of rotatable bonds is 9. The van der Waals surface area contributed by atoms with Gasteiger partial charge in [-0.2, -0.15) is 0 Å². The van der Waals surface area contributed by atoms with Gasteiger partial charge in [0.15, 0.2) is 22.9 Å². The molecule has 1 N–H and O–H groups in total. The number of furan rings is 1. The van der Waals surface area contributed by atoms with Gasteiger partial charge in [-0.1, -0.05) is 36.4 Å². The Bertz CT molecular complexity index is 1530. The standard InChI is InChI=1S/C30H27NO7/c1-35-21-12-10-18(11-13-21)14-15-31-26(19-6-4-8-22(16-19)36-2)25(28(33)30(31)34)27(32)24-17-20-7-5-9-23(37-3)29(20)38-24/h4-13,16-17,26,33H,14-15H2,1-3H3. The average molecular weight is 514 g/mol. The number of para-hydroxylation sites is 1. The minimum absolute atomic E-state index is 0.00347. The lowest BCUT2D eigenvalue weighted by Gasteiger charge is -2.27. The number of aliphatic hydroxyl groups is 1. The molecule has 0 fully saturated rings. The van der Waals surface area contributed by atoms with Crippen LogP contribution in [0.15, 0.2) is 88.5 Å². The average Bonchev–Trinajstić information content (AvgIpc) is 3.51. The van der Waals surface area contributed by atoms with E-state index in [0.29, 0.717) is 34.5 Å². The van der Waals surface area contributed by atoms with Crippen molar-refractivity contribution < 1.29 is 33.3 Å². The second-order valence-electron chi connectivity index (χ2n) is 8.86. The van der Waals surface area contributed by atoms with Crippen molar-refractivity contribution in [2.24, 2.45) is 0 Å². The van der Waals surface area contributed by atoms with Crippen LogP contribution in [0.4, 0.5) is 0 Å². The molecule has 1 amide bonds. The van der Waals surface area contributed by atoms with Crippen LogP contribution in [-0.4, -0.2) is 49.6 Å². The molecule has 2 heterocycles. The van der Waals surface area contributed by atoms with Crippen molar-refractivity contribution in [2.75, 3.05) is 27.9 Å². The van der Waals surface area contributed by atoms with Crippen molar-refractivity contribution in [2.45, 2.75) is 12.5 Å². The van der Waals surface area contributed by atoms with Crippen LogP contribution in [0, 0.1) is 0 Å². The summed E-state index contributed by atoms with van der Waals surface area (Å²) in [6.07, 6.45) is 0.507. The van der Waals surface area contributed by atoms with E-state index in [2.05, 4.69) is 0 Å². The van der Waals surface area contributed by atoms with Gasteiger partial charge >= 0.3 is 0 Å². The van der Waals surface area contributed by atoms with E-state index in [1.54, 1.807) is 62.8 Å². The summed E-state index contributed by atoms with van der Waals surface area (Å²) in [4.78, 5) is 28.7. The number of hydrogen-bond donors (Lipinski definition) is 1. The minimum atomic E-state index is -0.835. The van der Waals surface area contributed by atoms with Crippen molar-refractivity contribution in [1.82, 2.24) is 4.90 Å². The van der Waals surface area contributed by atoms with E-state index in [1.165, 1.54) is 12.0 Å². The number of Topliss-reactive ketones (excluding diaryl/α,β-unsaturated/α-hetero) is 1. The number of methoxy groups -OCH3 is 3. The molecule has 0 bridgehead atoms. The van der Waals surface area contributed by atoms with E-state index in [4.69, 9.17) is 18.6 Å². The molecule has 0 saturated heterocycles. The van der Waals surface area contributed by atoms with E-state index in [1.807, 2.05) is 24.3 Å². The molecule has 8 nitrogen and oxygen atoms in total. The first-order chi connectivity index (χ1) is 18.4. The summed E-state index contributed by atoms with van der Waals surface area (Å²) in [6.45, 7) is 0.266. The second kappa shape index (κ2) is 10.3. The van der Waals surface area contributed by atoms with Crippen molar-refractivity contribution in [3.63, 3.8) is 0 Å². The summed E-state index contributed by atoms with van der Waals surface area (Å²) >= 11 is 0. The maximum absolute atomic E-state index is 13.8. The van der Waals surface area contributed by atoms with Crippen LogP contribution >= 0.6 is 0 Å². The van der Waals surface area contributed by atoms with E-state index < -0.39 is 23.5 Å². The van der Waals surface area contributed by atoms with Crippen LogP contribution in [0.5, 0.6) is 17.2 Å². The van der Waals surface area contributed by atoms with E-state index in [9.17, 15) is 14.7 Å². The molecule has 8 heteroatoms. The van der Waals surface area contributed by atoms with Gasteiger partial charge in [0, 0.05) is 11.9 Å².